The minimum Gasteiger partial charge on any atom is -0.326 e. The van der Waals surface area contributed by atoms with Crippen molar-refractivity contribution in [1.29, 1.82) is 0 Å². The lowest BCUT2D eigenvalue weighted by Crippen LogP contribution is -2.14. The lowest BCUT2D eigenvalue weighted by Gasteiger charge is -2.08. The molecule has 0 unspecified atom stereocenters. The molecule has 0 saturated carbocycles. The Morgan fingerprint density at radius 3 is 2.80 bits per heavy atom. The van der Waals surface area contributed by atoms with E-state index in [-0.39, 0.29) is 4.90 Å². The second-order valence-corrected chi connectivity index (χ2v) is 6.16. The summed E-state index contributed by atoms with van der Waals surface area (Å²) in [4.78, 5) is 0.200. The van der Waals surface area contributed by atoms with E-state index in [4.69, 9.17) is 5.73 Å². The van der Waals surface area contributed by atoms with Gasteiger partial charge in [-0.05, 0) is 24.1 Å². The van der Waals surface area contributed by atoms with E-state index in [1.807, 2.05) is 6.92 Å². The van der Waals surface area contributed by atoms with Gasteiger partial charge in [0, 0.05) is 19.8 Å². The number of sulfonamides is 1. The van der Waals surface area contributed by atoms with Crippen LogP contribution < -0.4 is 10.5 Å². The van der Waals surface area contributed by atoms with Gasteiger partial charge in [-0.2, -0.15) is 5.10 Å². The van der Waals surface area contributed by atoms with Crippen LogP contribution in [0.5, 0.6) is 0 Å². The first-order valence-corrected chi connectivity index (χ1v) is 7.79. The van der Waals surface area contributed by atoms with Crippen LogP contribution in [-0.4, -0.2) is 18.2 Å². The minimum absolute atomic E-state index is 0.200. The van der Waals surface area contributed by atoms with Crippen LogP contribution in [0.3, 0.4) is 0 Å². The molecule has 1 heterocycles. The molecule has 108 valence electrons. The van der Waals surface area contributed by atoms with Gasteiger partial charge in [-0.15, -0.1) is 0 Å². The maximum absolute atomic E-state index is 12.4. The molecule has 20 heavy (non-hydrogen) atoms. The number of nitrogens with two attached hydrogens (primary N) is 1. The summed E-state index contributed by atoms with van der Waals surface area (Å²) in [5.41, 5.74) is 7.53. The number of nitrogens with one attached hydrogen (secondary N) is 1. The highest BCUT2D eigenvalue weighted by Crippen LogP contribution is 2.20. The van der Waals surface area contributed by atoms with Crippen molar-refractivity contribution in [3.8, 4) is 0 Å². The first kappa shape index (κ1) is 14.5. The van der Waals surface area contributed by atoms with Gasteiger partial charge in [-0.1, -0.05) is 19.1 Å². The summed E-state index contributed by atoms with van der Waals surface area (Å²) in [6, 6.07) is 6.59. The summed E-state index contributed by atoms with van der Waals surface area (Å²) in [5.74, 6) is 0. The molecule has 0 aliphatic carbocycles. The van der Waals surface area contributed by atoms with Crippen LogP contribution in [-0.2, 0) is 30.0 Å². The van der Waals surface area contributed by atoms with Crippen LogP contribution >= 0.6 is 0 Å². The lowest BCUT2D eigenvalue weighted by molar-refractivity contribution is 0.601. The van der Waals surface area contributed by atoms with Crippen molar-refractivity contribution in [2.45, 2.75) is 24.8 Å². The average molecular weight is 294 g/mol. The largest absolute Gasteiger partial charge is 0.326 e. The zero-order valence-corrected chi connectivity index (χ0v) is 12.3. The fourth-order valence-corrected chi connectivity index (χ4v) is 3.07. The van der Waals surface area contributed by atoms with Crippen LogP contribution in [0.25, 0.3) is 0 Å². The highest BCUT2D eigenvalue weighted by atomic mass is 32.2. The molecule has 2 rings (SSSR count). The number of hydrogen-bond acceptors (Lipinski definition) is 4. The smallest absolute Gasteiger partial charge is 0.262 e. The predicted molar refractivity (Wildman–Crippen MR) is 77.7 cm³/mol. The second-order valence-electron chi connectivity index (χ2n) is 4.47. The van der Waals surface area contributed by atoms with E-state index < -0.39 is 10.0 Å². The molecule has 0 amide bonds. The van der Waals surface area contributed by atoms with Gasteiger partial charge in [0.25, 0.3) is 10.0 Å². The van der Waals surface area contributed by atoms with Gasteiger partial charge in [0.1, 0.15) is 0 Å². The van der Waals surface area contributed by atoms with Crippen LogP contribution in [0.4, 0.5) is 5.69 Å². The van der Waals surface area contributed by atoms with E-state index in [0.29, 0.717) is 24.3 Å². The number of benzene rings is 1. The standard InChI is InChI=1S/C13H18N4O2S/c1-3-12-13(9-17(2)15-12)16-20(18,19)11-6-4-5-10(7-11)8-14/h4-7,9,16H,3,8,14H2,1-2H3. The SMILES string of the molecule is CCc1nn(C)cc1NS(=O)(=O)c1cccc(CN)c1. The third-order valence-corrected chi connectivity index (χ3v) is 4.29. The van der Waals surface area contributed by atoms with E-state index >= 15 is 0 Å². The highest BCUT2D eigenvalue weighted by Gasteiger charge is 2.17. The quantitative estimate of drug-likeness (QED) is 0.868. The Bertz CT molecular complexity index is 707. The Hall–Kier alpha value is -1.86. The van der Waals surface area contributed by atoms with Crippen molar-refractivity contribution in [3.05, 3.63) is 41.7 Å². The highest BCUT2D eigenvalue weighted by molar-refractivity contribution is 7.92. The van der Waals surface area contributed by atoms with Crippen LogP contribution in [0.1, 0.15) is 18.2 Å². The molecule has 2 aromatic rings. The van der Waals surface area contributed by atoms with Crippen molar-refractivity contribution in [1.82, 2.24) is 9.78 Å². The summed E-state index contributed by atoms with van der Waals surface area (Å²) in [6.07, 6.45) is 2.31. The van der Waals surface area contributed by atoms with Crippen molar-refractivity contribution in [2.75, 3.05) is 4.72 Å². The Balaban J connectivity index is 2.35. The maximum Gasteiger partial charge on any atom is 0.262 e. The normalized spacial score (nSPS) is 11.6. The second kappa shape index (κ2) is 5.64. The first-order chi connectivity index (χ1) is 9.46. The minimum atomic E-state index is -3.62. The average Bonchev–Trinajstić information content (AvgIpc) is 2.78. The van der Waals surface area contributed by atoms with Crippen LogP contribution in [0.2, 0.25) is 0 Å². The molecule has 0 atom stereocenters. The molecule has 0 fully saturated rings. The lowest BCUT2D eigenvalue weighted by atomic mass is 10.2. The molecule has 0 bridgehead atoms. The monoisotopic (exact) mass is 294 g/mol. The number of aromatic nitrogens is 2. The van der Waals surface area contributed by atoms with Crippen LogP contribution in [0.15, 0.2) is 35.4 Å². The fraction of sp³-hybridized carbons (Fsp3) is 0.308. The molecule has 6 nitrogen and oxygen atoms in total. The Morgan fingerprint density at radius 2 is 2.15 bits per heavy atom. The number of anilines is 1. The van der Waals surface area contributed by atoms with Crippen molar-refractivity contribution in [2.24, 2.45) is 12.8 Å². The summed E-state index contributed by atoms with van der Waals surface area (Å²) in [5, 5.41) is 4.21. The molecule has 1 aromatic heterocycles. The van der Waals surface area contributed by atoms with Crippen LogP contribution in [0, 0.1) is 0 Å². The van der Waals surface area contributed by atoms with Gasteiger partial charge >= 0.3 is 0 Å². The zero-order valence-electron chi connectivity index (χ0n) is 11.5. The summed E-state index contributed by atoms with van der Waals surface area (Å²) >= 11 is 0. The molecule has 7 heteroatoms. The number of hydrogen-bond donors (Lipinski definition) is 2. The Morgan fingerprint density at radius 1 is 1.40 bits per heavy atom. The first-order valence-electron chi connectivity index (χ1n) is 6.30. The molecule has 0 aliphatic heterocycles. The van der Waals surface area contributed by atoms with E-state index in [0.717, 1.165) is 5.56 Å². The molecule has 0 saturated heterocycles. The number of nitrogens with zero attached hydrogens (tertiary/aromatic N) is 2. The Labute approximate surface area is 118 Å². The fourth-order valence-electron chi connectivity index (χ4n) is 1.92. The maximum atomic E-state index is 12.4. The van der Waals surface area contributed by atoms with Gasteiger partial charge in [-0.25, -0.2) is 8.42 Å². The predicted octanol–water partition coefficient (Wildman–Crippen LogP) is 1.24. The summed E-state index contributed by atoms with van der Waals surface area (Å²) in [6.45, 7) is 2.23. The molecule has 3 N–H and O–H groups in total. The van der Waals surface area contributed by atoms with Gasteiger partial charge in [0.2, 0.25) is 0 Å². The molecule has 0 aliphatic rings. The van der Waals surface area contributed by atoms with E-state index in [1.165, 1.54) is 0 Å². The summed E-state index contributed by atoms with van der Waals surface area (Å²) in [7, 11) is -1.87. The number of aryl methyl sites for hydroxylation is 2. The third kappa shape index (κ3) is 3.00. The molecule has 1 aromatic carbocycles. The van der Waals surface area contributed by atoms with Gasteiger partial charge in [0.15, 0.2) is 0 Å². The topological polar surface area (TPSA) is 90.0 Å². The Kier molecular flexibility index (Phi) is 4.10. The zero-order chi connectivity index (χ0) is 14.8. The van der Waals surface area contributed by atoms with E-state index in [9.17, 15) is 8.42 Å². The third-order valence-electron chi connectivity index (χ3n) is 2.93. The molecule has 0 radical (unpaired) electrons. The van der Waals surface area contributed by atoms with E-state index in [1.54, 1.807) is 42.2 Å². The van der Waals surface area contributed by atoms with E-state index in [2.05, 4.69) is 9.82 Å². The van der Waals surface area contributed by atoms with Gasteiger partial charge in [0.05, 0.1) is 16.3 Å². The van der Waals surface area contributed by atoms with Gasteiger partial charge < -0.3 is 5.73 Å². The molecular formula is C13H18N4O2S. The number of rotatable bonds is 5. The molecular weight excluding hydrogens is 276 g/mol. The van der Waals surface area contributed by atoms with Crippen molar-refractivity contribution in [3.63, 3.8) is 0 Å². The summed E-state index contributed by atoms with van der Waals surface area (Å²) < 4.78 is 28.9. The van der Waals surface area contributed by atoms with Gasteiger partial charge in [-0.3, -0.25) is 9.40 Å². The van der Waals surface area contributed by atoms with Crippen molar-refractivity contribution < 1.29 is 8.42 Å². The molecule has 0 spiro atoms. The van der Waals surface area contributed by atoms with Crippen molar-refractivity contribution >= 4 is 15.7 Å².